The Morgan fingerprint density at radius 1 is 0.970 bits per heavy atom. The molecule has 3 aromatic carbocycles. The molecule has 1 N–H and O–H groups in total. The molecule has 0 fully saturated rings. The molecule has 0 saturated heterocycles. The Bertz CT molecular complexity index is 1130. The smallest absolute Gasteiger partial charge is 0.264 e. The standard InChI is InChI=1S/C25H28N2O4S2/c1-20-8-10-21(11-9-20)19-32-17-16-26-25(28)18-27(22-6-4-3-5-7-22)33(29,30)24-14-12-23(31-2)13-15-24/h3-15H,16-19H2,1-2H3,(H,26,28). The van der Waals surface area contributed by atoms with Crippen molar-refractivity contribution in [3.05, 3.63) is 90.0 Å². The van der Waals surface area contributed by atoms with Crippen LogP contribution in [0.15, 0.2) is 83.8 Å². The number of benzene rings is 3. The Labute approximate surface area is 200 Å². The summed E-state index contributed by atoms with van der Waals surface area (Å²) in [7, 11) is -2.42. The average Bonchev–Trinajstić information content (AvgIpc) is 2.84. The van der Waals surface area contributed by atoms with E-state index in [1.165, 1.54) is 30.4 Å². The van der Waals surface area contributed by atoms with E-state index in [1.54, 1.807) is 54.2 Å². The van der Waals surface area contributed by atoms with E-state index in [2.05, 4.69) is 36.5 Å². The molecule has 0 atom stereocenters. The maximum absolute atomic E-state index is 13.3. The lowest BCUT2D eigenvalue weighted by atomic mass is 10.2. The maximum Gasteiger partial charge on any atom is 0.264 e. The Kier molecular flexibility index (Phi) is 8.79. The van der Waals surface area contributed by atoms with Crippen molar-refractivity contribution in [2.24, 2.45) is 0 Å². The Morgan fingerprint density at radius 3 is 2.27 bits per heavy atom. The van der Waals surface area contributed by atoms with Gasteiger partial charge in [-0.1, -0.05) is 48.0 Å². The molecule has 0 unspecified atom stereocenters. The number of amides is 1. The number of nitrogens with one attached hydrogen (secondary N) is 1. The first-order valence-corrected chi connectivity index (χ1v) is 13.1. The molecule has 174 valence electrons. The fourth-order valence-electron chi connectivity index (χ4n) is 3.11. The molecule has 3 rings (SSSR count). The molecular weight excluding hydrogens is 456 g/mol. The lowest BCUT2D eigenvalue weighted by molar-refractivity contribution is -0.119. The van der Waals surface area contributed by atoms with Crippen LogP contribution in [0.1, 0.15) is 11.1 Å². The number of carbonyl (C=O) groups excluding carboxylic acids is 1. The lowest BCUT2D eigenvalue weighted by Crippen LogP contribution is -2.41. The first kappa shape index (κ1) is 24.7. The second-order valence-electron chi connectivity index (χ2n) is 7.41. The normalized spacial score (nSPS) is 11.1. The number of nitrogens with zero attached hydrogens (tertiary/aromatic N) is 1. The van der Waals surface area contributed by atoms with E-state index in [1.807, 2.05) is 0 Å². The van der Waals surface area contributed by atoms with Crippen LogP contribution in [0.4, 0.5) is 5.69 Å². The molecule has 3 aromatic rings. The van der Waals surface area contributed by atoms with Crippen LogP contribution in [0.3, 0.4) is 0 Å². The van der Waals surface area contributed by atoms with E-state index >= 15 is 0 Å². The molecule has 0 spiro atoms. The molecule has 0 aromatic heterocycles. The summed E-state index contributed by atoms with van der Waals surface area (Å²) in [6, 6.07) is 23.1. The third-order valence-electron chi connectivity index (χ3n) is 4.94. The lowest BCUT2D eigenvalue weighted by Gasteiger charge is -2.24. The van der Waals surface area contributed by atoms with Gasteiger partial charge in [-0.2, -0.15) is 11.8 Å². The van der Waals surface area contributed by atoms with Gasteiger partial charge in [-0.3, -0.25) is 9.10 Å². The number of carbonyl (C=O) groups is 1. The van der Waals surface area contributed by atoms with Crippen LogP contribution < -0.4 is 14.4 Å². The highest BCUT2D eigenvalue weighted by Gasteiger charge is 2.27. The number of hydrogen-bond donors (Lipinski definition) is 1. The summed E-state index contributed by atoms with van der Waals surface area (Å²) in [6.07, 6.45) is 0. The van der Waals surface area contributed by atoms with Crippen molar-refractivity contribution >= 4 is 33.4 Å². The van der Waals surface area contributed by atoms with E-state index in [0.29, 0.717) is 18.0 Å². The molecule has 8 heteroatoms. The zero-order valence-corrected chi connectivity index (χ0v) is 20.4. The molecule has 0 aliphatic rings. The van der Waals surface area contributed by atoms with Crippen molar-refractivity contribution < 1.29 is 17.9 Å². The van der Waals surface area contributed by atoms with Crippen molar-refractivity contribution in [2.45, 2.75) is 17.6 Å². The minimum Gasteiger partial charge on any atom is -0.497 e. The summed E-state index contributed by atoms with van der Waals surface area (Å²) >= 11 is 1.72. The zero-order chi connectivity index (χ0) is 23.7. The van der Waals surface area contributed by atoms with Crippen molar-refractivity contribution in [2.75, 3.05) is 30.3 Å². The number of anilines is 1. The monoisotopic (exact) mass is 484 g/mol. The minimum atomic E-state index is -3.94. The highest BCUT2D eigenvalue weighted by atomic mass is 32.2. The number of hydrogen-bond acceptors (Lipinski definition) is 5. The maximum atomic E-state index is 13.3. The molecule has 0 heterocycles. The van der Waals surface area contributed by atoms with Gasteiger partial charge in [0.25, 0.3) is 10.0 Å². The number of para-hydroxylation sites is 1. The summed E-state index contributed by atoms with van der Waals surface area (Å²) in [5.41, 5.74) is 2.89. The second-order valence-corrected chi connectivity index (χ2v) is 10.4. The summed E-state index contributed by atoms with van der Waals surface area (Å²) in [5.74, 6) is 1.79. The topological polar surface area (TPSA) is 75.7 Å². The largest absolute Gasteiger partial charge is 0.497 e. The van der Waals surface area contributed by atoms with Gasteiger partial charge >= 0.3 is 0 Å². The SMILES string of the molecule is COc1ccc(S(=O)(=O)N(CC(=O)NCCSCc2ccc(C)cc2)c2ccccc2)cc1. The number of rotatable bonds is 11. The number of thioether (sulfide) groups is 1. The van der Waals surface area contributed by atoms with E-state index in [0.717, 1.165) is 15.8 Å². The number of aryl methyl sites for hydroxylation is 1. The molecule has 1 amide bonds. The number of methoxy groups -OCH3 is 1. The molecule has 6 nitrogen and oxygen atoms in total. The van der Waals surface area contributed by atoms with Gasteiger partial charge in [0.1, 0.15) is 12.3 Å². The Morgan fingerprint density at radius 2 is 1.64 bits per heavy atom. The first-order chi connectivity index (χ1) is 15.9. The van der Waals surface area contributed by atoms with Crippen LogP contribution in [0.5, 0.6) is 5.75 Å². The van der Waals surface area contributed by atoms with E-state index < -0.39 is 10.0 Å². The summed E-state index contributed by atoms with van der Waals surface area (Å²) in [5, 5.41) is 2.83. The second kappa shape index (κ2) is 11.8. The van der Waals surface area contributed by atoms with Gasteiger partial charge in [0, 0.05) is 18.1 Å². The summed E-state index contributed by atoms with van der Waals surface area (Å²) in [6.45, 7) is 2.21. The fourth-order valence-corrected chi connectivity index (χ4v) is 5.35. The molecule has 0 bridgehead atoms. The van der Waals surface area contributed by atoms with Crippen LogP contribution >= 0.6 is 11.8 Å². The van der Waals surface area contributed by atoms with E-state index in [4.69, 9.17) is 4.74 Å². The van der Waals surface area contributed by atoms with Crippen LogP contribution in [-0.4, -0.2) is 40.3 Å². The molecule has 0 aliphatic carbocycles. The van der Waals surface area contributed by atoms with Crippen molar-refractivity contribution in [3.8, 4) is 5.75 Å². The van der Waals surface area contributed by atoms with Gasteiger partial charge in [0.05, 0.1) is 17.7 Å². The van der Waals surface area contributed by atoms with Gasteiger partial charge < -0.3 is 10.1 Å². The van der Waals surface area contributed by atoms with E-state index in [-0.39, 0.29) is 17.3 Å². The predicted molar refractivity (Wildman–Crippen MR) is 134 cm³/mol. The van der Waals surface area contributed by atoms with E-state index in [9.17, 15) is 13.2 Å². The Hall–Kier alpha value is -2.97. The molecule has 0 aliphatic heterocycles. The molecule has 0 radical (unpaired) electrons. The minimum absolute atomic E-state index is 0.0913. The van der Waals surface area contributed by atoms with Gasteiger partial charge in [-0.15, -0.1) is 0 Å². The van der Waals surface area contributed by atoms with Crippen LogP contribution in [0.25, 0.3) is 0 Å². The first-order valence-electron chi connectivity index (χ1n) is 10.5. The zero-order valence-electron chi connectivity index (χ0n) is 18.7. The predicted octanol–water partition coefficient (Wildman–Crippen LogP) is 4.25. The van der Waals surface area contributed by atoms with Crippen molar-refractivity contribution in [3.63, 3.8) is 0 Å². The van der Waals surface area contributed by atoms with Gasteiger partial charge in [-0.05, 0) is 48.9 Å². The van der Waals surface area contributed by atoms with Crippen LogP contribution in [0.2, 0.25) is 0 Å². The van der Waals surface area contributed by atoms with Gasteiger partial charge in [0.2, 0.25) is 5.91 Å². The Balaban J connectivity index is 1.61. The third kappa shape index (κ3) is 7.00. The van der Waals surface area contributed by atoms with Crippen LogP contribution in [-0.2, 0) is 20.6 Å². The van der Waals surface area contributed by atoms with Crippen LogP contribution in [0, 0.1) is 6.92 Å². The summed E-state index contributed by atoms with van der Waals surface area (Å²) < 4.78 is 32.9. The number of ether oxygens (including phenoxy) is 1. The molecule has 33 heavy (non-hydrogen) atoms. The van der Waals surface area contributed by atoms with Gasteiger partial charge in [-0.25, -0.2) is 8.42 Å². The van der Waals surface area contributed by atoms with Gasteiger partial charge in [0.15, 0.2) is 0 Å². The quantitative estimate of drug-likeness (QED) is 0.412. The average molecular weight is 485 g/mol. The number of sulfonamides is 1. The van der Waals surface area contributed by atoms with Crippen molar-refractivity contribution in [1.29, 1.82) is 0 Å². The van der Waals surface area contributed by atoms with Crippen molar-refractivity contribution in [1.82, 2.24) is 5.32 Å². The molecular formula is C25H28N2O4S2. The highest BCUT2D eigenvalue weighted by Crippen LogP contribution is 2.24. The fraction of sp³-hybridized carbons (Fsp3) is 0.240. The molecule has 0 saturated carbocycles. The third-order valence-corrected chi connectivity index (χ3v) is 7.76. The highest BCUT2D eigenvalue weighted by molar-refractivity contribution is 7.98. The summed E-state index contributed by atoms with van der Waals surface area (Å²) in [4.78, 5) is 12.7.